The topological polar surface area (TPSA) is 86.8 Å². The van der Waals surface area contributed by atoms with Crippen LogP contribution in [0.4, 0.5) is 23.2 Å². The quantitative estimate of drug-likeness (QED) is 0.183. The second-order valence-corrected chi connectivity index (χ2v) is 13.8. The molecular weight excluding hydrogens is 634 g/mol. The van der Waals surface area contributed by atoms with Gasteiger partial charge in [0.05, 0.1) is 16.1 Å². The van der Waals surface area contributed by atoms with Gasteiger partial charge in [0.2, 0.25) is 11.8 Å². The van der Waals surface area contributed by atoms with Crippen molar-refractivity contribution in [3.8, 4) is 0 Å². The number of halogens is 4. The molecule has 12 heteroatoms. The van der Waals surface area contributed by atoms with E-state index in [1.807, 2.05) is 0 Å². The van der Waals surface area contributed by atoms with Gasteiger partial charge in [0.25, 0.3) is 10.0 Å². The minimum absolute atomic E-state index is 0.0159. The van der Waals surface area contributed by atoms with Gasteiger partial charge in [-0.1, -0.05) is 72.8 Å². The van der Waals surface area contributed by atoms with Gasteiger partial charge in [-0.05, 0) is 62.7 Å². The molecule has 4 aromatic rings. The lowest BCUT2D eigenvalue weighted by molar-refractivity contribution is -0.140. The predicted octanol–water partition coefficient (Wildman–Crippen LogP) is 6.59. The number of carbonyl (C=O) groups is 2. The lowest BCUT2D eigenvalue weighted by Crippen LogP contribution is -2.56. The summed E-state index contributed by atoms with van der Waals surface area (Å²) in [7, 11) is -4.62. The molecule has 0 aliphatic rings. The molecular formula is C35H35F4N3O4S. The average Bonchev–Trinajstić information content (AvgIpc) is 3.02. The first-order valence-corrected chi connectivity index (χ1v) is 16.1. The molecule has 248 valence electrons. The SMILES string of the molecule is CC(C)(C)NC(=O)[C@H](Cc1ccccc1)N(Cc1ccccc1F)C(=O)CN(c1cccc(C(F)(F)F)c1)S(=O)(=O)c1ccccc1. The van der Waals surface area contributed by atoms with Crippen LogP contribution >= 0.6 is 0 Å². The molecule has 0 aliphatic carbocycles. The summed E-state index contributed by atoms with van der Waals surface area (Å²) >= 11 is 0. The number of hydrogen-bond donors (Lipinski definition) is 1. The smallest absolute Gasteiger partial charge is 0.350 e. The third-order valence-corrected chi connectivity index (χ3v) is 8.93. The lowest BCUT2D eigenvalue weighted by atomic mass is 10.0. The number of nitrogens with one attached hydrogen (secondary N) is 1. The predicted molar refractivity (Wildman–Crippen MR) is 171 cm³/mol. The molecule has 4 aromatic carbocycles. The highest BCUT2D eigenvalue weighted by atomic mass is 32.2. The Morgan fingerprint density at radius 1 is 0.809 bits per heavy atom. The van der Waals surface area contributed by atoms with E-state index < -0.39 is 69.8 Å². The van der Waals surface area contributed by atoms with Gasteiger partial charge < -0.3 is 10.2 Å². The van der Waals surface area contributed by atoms with Crippen LogP contribution in [0, 0.1) is 5.82 Å². The van der Waals surface area contributed by atoms with Crippen LogP contribution in [0.3, 0.4) is 0 Å². The zero-order chi connectivity index (χ0) is 34.4. The Balaban J connectivity index is 1.86. The molecule has 0 aromatic heterocycles. The van der Waals surface area contributed by atoms with E-state index in [-0.39, 0.29) is 16.9 Å². The van der Waals surface area contributed by atoms with Gasteiger partial charge in [-0.2, -0.15) is 13.2 Å². The fourth-order valence-electron chi connectivity index (χ4n) is 4.90. The first kappa shape index (κ1) is 35.1. The van der Waals surface area contributed by atoms with Crippen molar-refractivity contribution in [3.05, 3.63) is 132 Å². The summed E-state index contributed by atoms with van der Waals surface area (Å²) in [5, 5.41) is 2.86. The van der Waals surface area contributed by atoms with Gasteiger partial charge in [-0.3, -0.25) is 13.9 Å². The van der Waals surface area contributed by atoms with Crippen LogP contribution in [0.15, 0.2) is 114 Å². The van der Waals surface area contributed by atoms with E-state index in [1.54, 1.807) is 63.2 Å². The second kappa shape index (κ2) is 14.4. The Morgan fingerprint density at radius 2 is 1.40 bits per heavy atom. The summed E-state index contributed by atoms with van der Waals surface area (Å²) in [4.78, 5) is 29.1. The van der Waals surface area contributed by atoms with Gasteiger partial charge in [-0.25, -0.2) is 12.8 Å². The monoisotopic (exact) mass is 669 g/mol. The van der Waals surface area contributed by atoms with Crippen LogP contribution in [-0.4, -0.2) is 43.3 Å². The summed E-state index contributed by atoms with van der Waals surface area (Å²) in [5.41, 5.74) is -1.55. The number of amides is 2. The Kier molecular flexibility index (Phi) is 10.7. The summed E-state index contributed by atoms with van der Waals surface area (Å²) in [6, 6.07) is 23.7. The zero-order valence-corrected chi connectivity index (χ0v) is 26.9. The van der Waals surface area contributed by atoms with Crippen molar-refractivity contribution in [2.75, 3.05) is 10.8 Å². The number of alkyl halides is 3. The van der Waals surface area contributed by atoms with Crippen molar-refractivity contribution in [3.63, 3.8) is 0 Å². The van der Waals surface area contributed by atoms with Crippen molar-refractivity contribution in [2.24, 2.45) is 0 Å². The lowest BCUT2D eigenvalue weighted by Gasteiger charge is -2.35. The fourth-order valence-corrected chi connectivity index (χ4v) is 6.33. The van der Waals surface area contributed by atoms with Crippen LogP contribution in [-0.2, 0) is 38.8 Å². The van der Waals surface area contributed by atoms with Gasteiger partial charge in [-0.15, -0.1) is 0 Å². The minimum atomic E-state index is -4.80. The van der Waals surface area contributed by atoms with Crippen LogP contribution in [0.25, 0.3) is 0 Å². The molecule has 0 saturated heterocycles. The highest BCUT2D eigenvalue weighted by Gasteiger charge is 2.37. The third kappa shape index (κ3) is 9.19. The maximum absolute atomic E-state index is 15.0. The van der Waals surface area contributed by atoms with E-state index in [0.29, 0.717) is 15.9 Å². The third-order valence-electron chi connectivity index (χ3n) is 7.14. The van der Waals surface area contributed by atoms with Gasteiger partial charge in [0, 0.05) is 24.1 Å². The number of carbonyl (C=O) groups excluding carboxylic acids is 2. The van der Waals surface area contributed by atoms with Crippen molar-refractivity contribution < 1.29 is 35.6 Å². The van der Waals surface area contributed by atoms with E-state index in [4.69, 9.17) is 0 Å². The van der Waals surface area contributed by atoms with Crippen LogP contribution in [0.2, 0.25) is 0 Å². The van der Waals surface area contributed by atoms with Gasteiger partial charge in [0.1, 0.15) is 18.4 Å². The molecule has 0 bridgehead atoms. The molecule has 1 atom stereocenters. The van der Waals surface area contributed by atoms with Crippen molar-refractivity contribution in [2.45, 2.75) is 56.4 Å². The highest BCUT2D eigenvalue weighted by molar-refractivity contribution is 7.92. The minimum Gasteiger partial charge on any atom is -0.350 e. The normalized spacial score (nSPS) is 12.7. The van der Waals surface area contributed by atoms with Crippen molar-refractivity contribution in [1.82, 2.24) is 10.2 Å². The molecule has 0 heterocycles. The van der Waals surface area contributed by atoms with Crippen LogP contribution < -0.4 is 9.62 Å². The molecule has 2 amide bonds. The molecule has 0 aliphatic heterocycles. The molecule has 7 nitrogen and oxygen atoms in total. The fraction of sp³-hybridized carbons (Fsp3) is 0.257. The number of benzene rings is 4. The zero-order valence-electron chi connectivity index (χ0n) is 26.0. The summed E-state index contributed by atoms with van der Waals surface area (Å²) < 4.78 is 84.8. The molecule has 0 spiro atoms. The van der Waals surface area contributed by atoms with Crippen molar-refractivity contribution in [1.29, 1.82) is 0 Å². The number of anilines is 1. The Labute approximate surface area is 271 Å². The maximum atomic E-state index is 15.0. The van der Waals surface area contributed by atoms with Gasteiger partial charge in [0.15, 0.2) is 0 Å². The van der Waals surface area contributed by atoms with E-state index in [2.05, 4.69) is 5.32 Å². The molecule has 0 fully saturated rings. The molecule has 0 saturated carbocycles. The largest absolute Gasteiger partial charge is 0.416 e. The van der Waals surface area contributed by atoms with Crippen LogP contribution in [0.5, 0.6) is 0 Å². The first-order valence-electron chi connectivity index (χ1n) is 14.7. The Hall–Kier alpha value is -4.71. The Bertz CT molecular complexity index is 1800. The summed E-state index contributed by atoms with van der Waals surface area (Å²) in [6.07, 6.45) is -4.82. The number of nitrogens with zero attached hydrogens (tertiary/aromatic N) is 2. The summed E-state index contributed by atoms with van der Waals surface area (Å²) in [6.45, 7) is 3.82. The number of hydrogen-bond acceptors (Lipinski definition) is 4. The van der Waals surface area contributed by atoms with Gasteiger partial charge >= 0.3 is 6.18 Å². The second-order valence-electron chi connectivity index (χ2n) is 11.9. The highest BCUT2D eigenvalue weighted by Crippen LogP contribution is 2.33. The van der Waals surface area contributed by atoms with E-state index >= 15 is 4.39 Å². The van der Waals surface area contributed by atoms with E-state index in [1.165, 1.54) is 42.5 Å². The van der Waals surface area contributed by atoms with Crippen molar-refractivity contribution >= 4 is 27.5 Å². The number of sulfonamides is 1. The maximum Gasteiger partial charge on any atom is 0.416 e. The Morgan fingerprint density at radius 3 is 2.00 bits per heavy atom. The summed E-state index contributed by atoms with van der Waals surface area (Å²) in [5.74, 6) is -2.18. The molecule has 4 rings (SSSR count). The molecule has 0 radical (unpaired) electrons. The molecule has 1 N–H and O–H groups in total. The molecule has 0 unspecified atom stereocenters. The molecule has 47 heavy (non-hydrogen) atoms. The standard InChI is InChI=1S/C35H35F4N3O4S/c1-34(2,3)40-33(44)31(21-25-13-6-4-7-14-25)41(23-26-15-10-11-20-30(26)36)32(43)24-42(47(45,46)29-18-8-5-9-19-29)28-17-12-16-27(22-28)35(37,38)39/h4-20,22,31H,21,23-24H2,1-3H3,(H,40,44)/t31-/m0/s1. The van der Waals surface area contributed by atoms with E-state index in [0.717, 1.165) is 23.1 Å². The number of rotatable bonds is 11. The van der Waals surface area contributed by atoms with Crippen LogP contribution in [0.1, 0.15) is 37.5 Å². The first-order chi connectivity index (χ1) is 22.1. The van der Waals surface area contributed by atoms with E-state index in [9.17, 15) is 31.2 Å². The average molecular weight is 670 g/mol.